The minimum absolute atomic E-state index is 0.750. The molecule has 2 nitrogen and oxygen atoms in total. The molecule has 0 bridgehead atoms. The number of H-pyrrole nitrogens is 1. The third kappa shape index (κ3) is 11.6. The maximum absolute atomic E-state index is 4.81. The van der Waals surface area contributed by atoms with Crippen LogP contribution in [-0.4, -0.2) is 14.5 Å². The number of hydrogen-bond donors (Lipinski definition) is 1. The zero-order valence-corrected chi connectivity index (χ0v) is 6.66. The van der Waals surface area contributed by atoms with Crippen molar-refractivity contribution >= 4 is 34.8 Å². The zero-order chi connectivity index (χ0) is 7.11. The Bertz CT molecular complexity index is 97.4. The molecule has 0 saturated carbocycles. The first-order valence-corrected chi connectivity index (χ1v) is 3.40. The maximum atomic E-state index is 4.81. The average Bonchev–Trinajstić information content (AvgIpc) is 2.11. The number of halogens is 3. The number of hydrogen-bond acceptors (Lipinski definition) is 1. The summed E-state index contributed by atoms with van der Waals surface area (Å²) in [7, 11) is 0. The van der Waals surface area contributed by atoms with Gasteiger partial charge in [0.15, 0.2) is 4.30 Å². The largest absolute Gasteiger partial charge is 0.286 e. The second-order valence-electron chi connectivity index (χ2n) is 1.01. The monoisotopic (exact) mass is 186 g/mol. The highest BCUT2D eigenvalue weighted by Crippen LogP contribution is 2.03. The summed E-state index contributed by atoms with van der Waals surface area (Å²) in [5, 5.41) is 6.21. The first kappa shape index (κ1) is 9.08. The van der Waals surface area contributed by atoms with Gasteiger partial charge in [0, 0.05) is 12.4 Å². The van der Waals surface area contributed by atoms with Crippen molar-refractivity contribution in [1.29, 1.82) is 0 Å². The van der Waals surface area contributed by atoms with Gasteiger partial charge >= 0.3 is 0 Å². The van der Waals surface area contributed by atoms with Crippen LogP contribution in [0.25, 0.3) is 0 Å². The van der Waals surface area contributed by atoms with E-state index in [1.807, 2.05) is 6.07 Å². The van der Waals surface area contributed by atoms with E-state index in [4.69, 9.17) is 34.8 Å². The SMILES string of the molecule is ClC(Cl)Cl.c1cn[nH]c1. The molecule has 9 heavy (non-hydrogen) atoms. The molecule has 0 aliphatic carbocycles. The van der Waals surface area contributed by atoms with E-state index in [2.05, 4.69) is 10.2 Å². The summed E-state index contributed by atoms with van der Waals surface area (Å²) < 4.78 is -0.750. The third-order valence-corrected chi connectivity index (χ3v) is 0.406. The lowest BCUT2D eigenvalue weighted by atomic mass is 10.8. The molecule has 0 aliphatic rings. The van der Waals surface area contributed by atoms with Gasteiger partial charge in [0.1, 0.15) is 0 Å². The van der Waals surface area contributed by atoms with Crippen LogP contribution in [0.3, 0.4) is 0 Å². The van der Waals surface area contributed by atoms with Crippen molar-refractivity contribution in [3.8, 4) is 0 Å². The molecule has 0 unspecified atom stereocenters. The van der Waals surface area contributed by atoms with Gasteiger partial charge in [0.2, 0.25) is 0 Å². The normalized spacial score (nSPS) is 8.44. The lowest BCUT2D eigenvalue weighted by Gasteiger charge is -1.69. The summed E-state index contributed by atoms with van der Waals surface area (Å²) in [5.41, 5.74) is 0. The van der Waals surface area contributed by atoms with E-state index in [9.17, 15) is 0 Å². The molecule has 1 aromatic heterocycles. The molecule has 1 rings (SSSR count). The third-order valence-electron chi connectivity index (χ3n) is 0.406. The van der Waals surface area contributed by atoms with Gasteiger partial charge in [-0.15, -0.1) is 0 Å². The highest BCUT2D eigenvalue weighted by molar-refractivity contribution is 6.63. The van der Waals surface area contributed by atoms with Crippen LogP contribution in [0.4, 0.5) is 0 Å². The van der Waals surface area contributed by atoms with E-state index in [-0.39, 0.29) is 0 Å². The highest BCUT2D eigenvalue weighted by atomic mass is 35.6. The van der Waals surface area contributed by atoms with E-state index in [1.165, 1.54) is 0 Å². The first-order chi connectivity index (χ1) is 4.23. The fraction of sp³-hybridized carbons (Fsp3) is 0.250. The van der Waals surface area contributed by atoms with Crippen LogP contribution in [0.2, 0.25) is 0 Å². The lowest BCUT2D eigenvalue weighted by molar-refractivity contribution is 1.09. The molecular weight excluding hydrogens is 182 g/mol. The molecule has 5 heteroatoms. The molecular formula is C4H5Cl3N2. The number of aromatic amines is 1. The molecule has 0 fully saturated rings. The molecule has 1 N–H and O–H groups in total. The van der Waals surface area contributed by atoms with Gasteiger partial charge < -0.3 is 0 Å². The number of aromatic nitrogens is 2. The van der Waals surface area contributed by atoms with Crippen molar-refractivity contribution < 1.29 is 0 Å². The lowest BCUT2D eigenvalue weighted by Crippen LogP contribution is -1.55. The molecule has 0 aromatic carbocycles. The van der Waals surface area contributed by atoms with Crippen molar-refractivity contribution in [2.24, 2.45) is 0 Å². The van der Waals surface area contributed by atoms with Gasteiger partial charge in [0.05, 0.1) is 0 Å². The Balaban J connectivity index is 0.000000148. The second-order valence-corrected chi connectivity index (χ2v) is 2.99. The van der Waals surface area contributed by atoms with Gasteiger partial charge in [0.25, 0.3) is 0 Å². The van der Waals surface area contributed by atoms with Crippen LogP contribution < -0.4 is 0 Å². The van der Waals surface area contributed by atoms with Crippen LogP contribution in [0.15, 0.2) is 18.5 Å². The molecule has 1 aromatic rings. The van der Waals surface area contributed by atoms with Gasteiger partial charge in [-0.2, -0.15) is 5.10 Å². The minimum atomic E-state index is -0.750. The Morgan fingerprint density at radius 1 is 1.33 bits per heavy atom. The average molecular weight is 187 g/mol. The molecule has 0 saturated heterocycles. The zero-order valence-electron chi connectivity index (χ0n) is 4.39. The first-order valence-electron chi connectivity index (χ1n) is 2.09. The molecule has 0 spiro atoms. The molecule has 0 atom stereocenters. The summed E-state index contributed by atoms with van der Waals surface area (Å²) in [6.07, 6.45) is 3.46. The van der Waals surface area contributed by atoms with Crippen molar-refractivity contribution in [3.63, 3.8) is 0 Å². The van der Waals surface area contributed by atoms with E-state index >= 15 is 0 Å². The number of rotatable bonds is 0. The maximum Gasteiger partial charge on any atom is 0.180 e. The van der Waals surface area contributed by atoms with Crippen LogP contribution in [-0.2, 0) is 0 Å². The Labute approximate surface area is 68.1 Å². The van der Waals surface area contributed by atoms with Crippen molar-refractivity contribution in [1.82, 2.24) is 10.2 Å². The standard InChI is InChI=1S/C3H4N2.CHCl3/c1-2-4-5-3-1;2-1(3)4/h1-3H,(H,4,5);1H. The van der Waals surface area contributed by atoms with Gasteiger partial charge in [-0.1, -0.05) is 34.8 Å². The van der Waals surface area contributed by atoms with Gasteiger partial charge in [-0.25, -0.2) is 0 Å². The van der Waals surface area contributed by atoms with Gasteiger partial charge in [-0.3, -0.25) is 5.10 Å². The Kier molecular flexibility index (Phi) is 6.26. The molecule has 0 amide bonds. The van der Waals surface area contributed by atoms with Crippen LogP contribution in [0, 0.1) is 0 Å². The van der Waals surface area contributed by atoms with E-state index in [0.29, 0.717) is 0 Å². The fourth-order valence-corrected chi connectivity index (χ4v) is 0.215. The smallest absolute Gasteiger partial charge is 0.180 e. The van der Waals surface area contributed by atoms with Crippen LogP contribution in [0.5, 0.6) is 0 Å². The summed E-state index contributed by atoms with van der Waals surface area (Å²) in [6.45, 7) is 0. The predicted molar refractivity (Wildman–Crippen MR) is 39.9 cm³/mol. The highest BCUT2D eigenvalue weighted by Gasteiger charge is 1.78. The van der Waals surface area contributed by atoms with Crippen LogP contribution >= 0.6 is 34.8 Å². The Morgan fingerprint density at radius 2 is 1.89 bits per heavy atom. The molecule has 1 heterocycles. The summed E-state index contributed by atoms with van der Waals surface area (Å²) in [5.74, 6) is 0. The minimum Gasteiger partial charge on any atom is -0.286 e. The van der Waals surface area contributed by atoms with E-state index in [0.717, 1.165) is 0 Å². The quantitative estimate of drug-likeness (QED) is 0.621. The molecule has 0 radical (unpaired) electrons. The second kappa shape index (κ2) is 6.20. The van der Waals surface area contributed by atoms with Gasteiger partial charge in [-0.05, 0) is 6.07 Å². The topological polar surface area (TPSA) is 28.7 Å². The summed E-state index contributed by atoms with van der Waals surface area (Å²) >= 11 is 14.4. The molecule has 0 aliphatic heterocycles. The van der Waals surface area contributed by atoms with Crippen molar-refractivity contribution in [2.75, 3.05) is 0 Å². The van der Waals surface area contributed by atoms with Crippen molar-refractivity contribution in [2.45, 2.75) is 4.30 Å². The van der Waals surface area contributed by atoms with E-state index < -0.39 is 4.30 Å². The van der Waals surface area contributed by atoms with Crippen LogP contribution in [0.1, 0.15) is 0 Å². The van der Waals surface area contributed by atoms with Crippen molar-refractivity contribution in [3.05, 3.63) is 18.5 Å². The molecule has 52 valence electrons. The Morgan fingerprint density at radius 3 is 2.00 bits per heavy atom. The summed E-state index contributed by atoms with van der Waals surface area (Å²) in [4.78, 5) is 0. The predicted octanol–water partition coefficient (Wildman–Crippen LogP) is 2.40. The Hall–Kier alpha value is 0.0800. The number of alkyl halides is 3. The fourth-order valence-electron chi connectivity index (χ4n) is 0.215. The van der Waals surface area contributed by atoms with E-state index in [1.54, 1.807) is 12.4 Å². The summed E-state index contributed by atoms with van der Waals surface area (Å²) in [6, 6.07) is 1.83. The number of nitrogens with zero attached hydrogens (tertiary/aromatic N) is 1. The number of nitrogens with one attached hydrogen (secondary N) is 1.